The van der Waals surface area contributed by atoms with E-state index in [-0.39, 0.29) is 5.88 Å². The molecule has 0 amide bonds. The minimum Gasteiger partial charge on any atom is -0.496 e. The summed E-state index contributed by atoms with van der Waals surface area (Å²) >= 11 is 8.95. The molecular formula is C10H9BrClN3O2. The summed E-state index contributed by atoms with van der Waals surface area (Å²) in [5.74, 6) is 1.32. The smallest absolute Gasteiger partial charge is 0.320 e. The number of alkyl halides is 1. The molecule has 1 aromatic carbocycles. The summed E-state index contributed by atoms with van der Waals surface area (Å²) in [7, 11) is 1.61. The third-order valence-electron chi connectivity index (χ3n) is 1.98. The molecule has 0 saturated heterocycles. The second-order valence-corrected chi connectivity index (χ2v) is 4.23. The van der Waals surface area contributed by atoms with Crippen LogP contribution in [0.2, 0.25) is 0 Å². The molecule has 90 valence electrons. The van der Waals surface area contributed by atoms with Gasteiger partial charge in [0.1, 0.15) is 11.6 Å². The summed E-state index contributed by atoms with van der Waals surface area (Å²) in [5, 5.41) is 10.5. The molecule has 5 nitrogen and oxygen atoms in total. The van der Waals surface area contributed by atoms with Crippen LogP contribution in [0.5, 0.6) is 5.75 Å². The largest absolute Gasteiger partial charge is 0.496 e. The van der Waals surface area contributed by atoms with Gasteiger partial charge in [0.2, 0.25) is 5.89 Å². The number of nitrogens with zero attached hydrogens (tertiary/aromatic N) is 2. The molecule has 0 unspecified atom stereocenters. The van der Waals surface area contributed by atoms with E-state index in [2.05, 4.69) is 31.4 Å². The second kappa shape index (κ2) is 5.37. The highest BCUT2D eigenvalue weighted by Crippen LogP contribution is 2.28. The van der Waals surface area contributed by atoms with Gasteiger partial charge in [-0.05, 0) is 34.1 Å². The van der Waals surface area contributed by atoms with Gasteiger partial charge in [-0.3, -0.25) is 0 Å². The zero-order chi connectivity index (χ0) is 12.3. The van der Waals surface area contributed by atoms with Gasteiger partial charge in [0, 0.05) is 5.69 Å². The van der Waals surface area contributed by atoms with Crippen LogP contribution < -0.4 is 10.1 Å². The fraction of sp³-hybridized carbons (Fsp3) is 0.200. The van der Waals surface area contributed by atoms with Gasteiger partial charge in [-0.25, -0.2) is 0 Å². The number of methoxy groups -OCH3 is 1. The zero-order valence-corrected chi connectivity index (χ0v) is 11.2. The van der Waals surface area contributed by atoms with Crippen LogP contribution in [0, 0.1) is 0 Å². The monoisotopic (exact) mass is 317 g/mol. The number of rotatable bonds is 4. The van der Waals surface area contributed by atoms with E-state index in [0.717, 1.165) is 15.9 Å². The fourth-order valence-electron chi connectivity index (χ4n) is 1.23. The third-order valence-corrected chi connectivity index (χ3v) is 2.83. The van der Waals surface area contributed by atoms with Gasteiger partial charge in [0.15, 0.2) is 0 Å². The van der Waals surface area contributed by atoms with Crippen LogP contribution in [0.15, 0.2) is 27.1 Å². The Morgan fingerprint density at radius 1 is 1.47 bits per heavy atom. The summed E-state index contributed by atoms with van der Waals surface area (Å²) in [6.07, 6.45) is 0. The van der Waals surface area contributed by atoms with Crippen LogP contribution in [0.25, 0.3) is 0 Å². The van der Waals surface area contributed by atoms with Crippen molar-refractivity contribution in [3.8, 4) is 5.75 Å². The number of halogens is 2. The highest BCUT2D eigenvalue weighted by molar-refractivity contribution is 9.10. The molecule has 2 aromatic rings. The Morgan fingerprint density at radius 3 is 2.88 bits per heavy atom. The van der Waals surface area contributed by atoms with Crippen molar-refractivity contribution in [1.82, 2.24) is 10.2 Å². The third kappa shape index (κ3) is 2.89. The molecule has 7 heteroatoms. The average Bonchev–Trinajstić information content (AvgIpc) is 2.77. The maximum atomic E-state index is 5.56. The van der Waals surface area contributed by atoms with E-state index in [1.807, 2.05) is 18.2 Å². The highest BCUT2D eigenvalue weighted by Gasteiger charge is 2.06. The van der Waals surface area contributed by atoms with Crippen molar-refractivity contribution in [1.29, 1.82) is 0 Å². The molecule has 0 bridgehead atoms. The second-order valence-electron chi connectivity index (χ2n) is 3.11. The maximum Gasteiger partial charge on any atom is 0.320 e. The molecule has 0 aliphatic carbocycles. The molecule has 1 N–H and O–H groups in total. The summed E-state index contributed by atoms with van der Waals surface area (Å²) < 4.78 is 11.2. The van der Waals surface area contributed by atoms with Crippen molar-refractivity contribution in [2.24, 2.45) is 0 Å². The van der Waals surface area contributed by atoms with Crippen molar-refractivity contribution in [2.45, 2.75) is 5.88 Å². The average molecular weight is 319 g/mol. The summed E-state index contributed by atoms with van der Waals surface area (Å²) in [5.41, 5.74) is 0.808. The Bertz CT molecular complexity index is 518. The number of aromatic nitrogens is 2. The van der Waals surface area contributed by atoms with Gasteiger partial charge >= 0.3 is 6.01 Å². The molecule has 0 aliphatic rings. The van der Waals surface area contributed by atoms with E-state index in [9.17, 15) is 0 Å². The first kappa shape index (κ1) is 12.2. The molecule has 17 heavy (non-hydrogen) atoms. The predicted octanol–water partition coefficient (Wildman–Crippen LogP) is 3.32. The molecule has 2 rings (SSSR count). The minimum atomic E-state index is 0.195. The van der Waals surface area contributed by atoms with Crippen molar-refractivity contribution >= 4 is 39.2 Å². The van der Waals surface area contributed by atoms with Crippen LogP contribution in [-0.2, 0) is 5.88 Å². The lowest BCUT2D eigenvalue weighted by Gasteiger charge is -2.05. The lowest BCUT2D eigenvalue weighted by Crippen LogP contribution is -1.91. The Hall–Kier alpha value is -1.27. The lowest BCUT2D eigenvalue weighted by atomic mass is 10.3. The predicted molar refractivity (Wildman–Crippen MR) is 67.8 cm³/mol. The van der Waals surface area contributed by atoms with E-state index < -0.39 is 0 Å². The molecule has 1 heterocycles. The molecular weight excluding hydrogens is 309 g/mol. The number of hydrogen-bond acceptors (Lipinski definition) is 5. The van der Waals surface area contributed by atoms with Gasteiger partial charge < -0.3 is 14.5 Å². The standard InChI is InChI=1S/C10H9BrClN3O2/c1-16-8-3-2-6(4-7(8)11)13-10-15-14-9(5-12)17-10/h2-4H,5H2,1H3,(H,13,15). The fourth-order valence-corrected chi connectivity index (χ4v) is 1.87. The van der Waals surface area contributed by atoms with Gasteiger partial charge in [-0.2, -0.15) is 0 Å². The molecule has 0 aliphatic heterocycles. The van der Waals surface area contributed by atoms with Crippen LogP contribution >= 0.6 is 27.5 Å². The van der Waals surface area contributed by atoms with Crippen LogP contribution in [-0.4, -0.2) is 17.3 Å². The van der Waals surface area contributed by atoms with Crippen LogP contribution in [0.4, 0.5) is 11.7 Å². The highest BCUT2D eigenvalue weighted by atomic mass is 79.9. The molecule has 0 atom stereocenters. The SMILES string of the molecule is COc1ccc(Nc2nnc(CCl)o2)cc1Br. The maximum absolute atomic E-state index is 5.56. The number of benzene rings is 1. The van der Waals surface area contributed by atoms with Gasteiger partial charge in [-0.15, -0.1) is 16.7 Å². The molecule has 1 aromatic heterocycles. The first-order chi connectivity index (χ1) is 8.22. The van der Waals surface area contributed by atoms with Crippen molar-refractivity contribution in [3.63, 3.8) is 0 Å². The number of anilines is 2. The summed E-state index contributed by atoms with van der Waals surface area (Å²) in [6.45, 7) is 0. The van der Waals surface area contributed by atoms with E-state index in [4.69, 9.17) is 20.8 Å². The normalized spacial score (nSPS) is 10.3. The number of nitrogens with one attached hydrogen (secondary N) is 1. The van der Waals surface area contributed by atoms with Gasteiger partial charge in [0.25, 0.3) is 0 Å². The van der Waals surface area contributed by atoms with E-state index >= 15 is 0 Å². The topological polar surface area (TPSA) is 60.2 Å². The summed E-state index contributed by atoms with van der Waals surface area (Å²) in [6, 6.07) is 5.82. The Morgan fingerprint density at radius 2 is 2.29 bits per heavy atom. The lowest BCUT2D eigenvalue weighted by molar-refractivity contribution is 0.412. The van der Waals surface area contributed by atoms with E-state index in [0.29, 0.717) is 11.9 Å². The molecule has 0 spiro atoms. The van der Waals surface area contributed by atoms with E-state index in [1.54, 1.807) is 7.11 Å². The van der Waals surface area contributed by atoms with Gasteiger partial charge in [0.05, 0.1) is 11.6 Å². The first-order valence-corrected chi connectivity index (χ1v) is 6.04. The van der Waals surface area contributed by atoms with Gasteiger partial charge in [-0.1, -0.05) is 5.10 Å². The van der Waals surface area contributed by atoms with Crippen LogP contribution in [0.3, 0.4) is 0 Å². The first-order valence-electron chi connectivity index (χ1n) is 4.72. The molecule has 0 radical (unpaired) electrons. The van der Waals surface area contributed by atoms with Crippen molar-refractivity contribution in [3.05, 3.63) is 28.6 Å². The molecule has 0 saturated carbocycles. The minimum absolute atomic E-state index is 0.195. The summed E-state index contributed by atoms with van der Waals surface area (Å²) in [4.78, 5) is 0. The van der Waals surface area contributed by atoms with E-state index in [1.165, 1.54) is 0 Å². The van der Waals surface area contributed by atoms with Crippen LogP contribution in [0.1, 0.15) is 5.89 Å². The molecule has 0 fully saturated rings. The number of ether oxygens (including phenoxy) is 1. The Kier molecular flexibility index (Phi) is 3.86. The Balaban J connectivity index is 2.15. The van der Waals surface area contributed by atoms with Crippen molar-refractivity contribution < 1.29 is 9.15 Å². The zero-order valence-electron chi connectivity index (χ0n) is 8.91. The Labute approximate surface area is 111 Å². The quantitative estimate of drug-likeness (QED) is 0.876. The number of hydrogen-bond donors (Lipinski definition) is 1. The van der Waals surface area contributed by atoms with Crippen molar-refractivity contribution in [2.75, 3.05) is 12.4 Å².